The summed E-state index contributed by atoms with van der Waals surface area (Å²) in [6.07, 6.45) is 7.92. The summed E-state index contributed by atoms with van der Waals surface area (Å²) in [5.41, 5.74) is 7.37. The lowest BCUT2D eigenvalue weighted by Gasteiger charge is -2.36. The van der Waals surface area contributed by atoms with E-state index in [0.29, 0.717) is 19.1 Å². The van der Waals surface area contributed by atoms with Gasteiger partial charge >= 0.3 is 5.97 Å². The van der Waals surface area contributed by atoms with Gasteiger partial charge in [0, 0.05) is 0 Å². The number of ether oxygens (including phenoxy) is 1. The quantitative estimate of drug-likeness (QED) is 0.409. The lowest BCUT2D eigenvalue weighted by Crippen LogP contribution is -2.35. The van der Waals surface area contributed by atoms with Crippen LogP contribution in [0.25, 0.3) is 0 Å². The molecule has 0 spiro atoms. The van der Waals surface area contributed by atoms with Crippen molar-refractivity contribution in [2.24, 2.45) is 11.7 Å². The summed E-state index contributed by atoms with van der Waals surface area (Å²) in [5, 5.41) is 0. The molecule has 26 heavy (non-hydrogen) atoms. The Hall–Kier alpha value is -1.68. The van der Waals surface area contributed by atoms with Gasteiger partial charge in [0.2, 0.25) is 0 Å². The second kappa shape index (κ2) is 9.86. The number of esters is 1. The first-order chi connectivity index (χ1) is 12.6. The van der Waals surface area contributed by atoms with Crippen molar-refractivity contribution in [1.29, 1.82) is 0 Å². The van der Waals surface area contributed by atoms with Gasteiger partial charge < -0.3 is 15.3 Å². The first-order valence-corrected chi connectivity index (χ1v) is 9.99. The van der Waals surface area contributed by atoms with E-state index in [9.17, 15) is 9.59 Å². The zero-order valence-corrected chi connectivity index (χ0v) is 16.2. The van der Waals surface area contributed by atoms with Crippen molar-refractivity contribution in [3.63, 3.8) is 0 Å². The Morgan fingerprint density at radius 1 is 1.27 bits per heavy atom. The van der Waals surface area contributed by atoms with Crippen molar-refractivity contribution in [3.05, 3.63) is 35.4 Å². The smallest absolute Gasteiger partial charge is 0.313 e. The summed E-state index contributed by atoms with van der Waals surface area (Å²) in [7, 11) is 0. The number of hydrogen-bond donors (Lipinski definition) is 1. The van der Waals surface area contributed by atoms with Crippen LogP contribution in [0.1, 0.15) is 75.8 Å². The number of carbonyl (C=O) groups is 2. The predicted octanol–water partition coefficient (Wildman–Crippen LogP) is 4.11. The average molecular weight is 360 g/mol. The van der Waals surface area contributed by atoms with Crippen LogP contribution in [0.2, 0.25) is 0 Å². The van der Waals surface area contributed by atoms with E-state index < -0.39 is 5.41 Å². The third-order valence-corrected chi connectivity index (χ3v) is 5.89. The fourth-order valence-corrected chi connectivity index (χ4v) is 3.79. The Morgan fingerprint density at radius 3 is 2.46 bits per heavy atom. The number of benzene rings is 1. The molecule has 0 saturated heterocycles. The van der Waals surface area contributed by atoms with Crippen LogP contribution in [0, 0.1) is 5.92 Å². The Bertz CT molecular complexity index is 574. The Kier molecular flexibility index (Phi) is 7.83. The zero-order chi connectivity index (χ0) is 19.0. The molecule has 4 heteroatoms. The molecule has 1 saturated carbocycles. The van der Waals surface area contributed by atoms with E-state index in [1.807, 2.05) is 31.2 Å². The molecule has 0 aliphatic heterocycles. The molecule has 2 N–H and O–H groups in total. The molecule has 0 amide bonds. The van der Waals surface area contributed by atoms with E-state index >= 15 is 0 Å². The van der Waals surface area contributed by atoms with Crippen molar-refractivity contribution < 1.29 is 14.3 Å². The number of aldehydes is 1. The van der Waals surface area contributed by atoms with E-state index in [1.165, 1.54) is 0 Å². The third-order valence-electron chi connectivity index (χ3n) is 5.89. The van der Waals surface area contributed by atoms with E-state index in [2.05, 4.69) is 6.92 Å². The van der Waals surface area contributed by atoms with Crippen molar-refractivity contribution in [1.82, 2.24) is 0 Å². The average Bonchev–Trinajstić information content (AvgIpc) is 2.70. The van der Waals surface area contributed by atoms with Crippen molar-refractivity contribution in [2.75, 3.05) is 13.2 Å². The molecule has 1 aromatic rings. The van der Waals surface area contributed by atoms with Gasteiger partial charge in [-0.3, -0.25) is 4.79 Å². The minimum Gasteiger partial charge on any atom is -0.465 e. The van der Waals surface area contributed by atoms with Crippen LogP contribution in [0.5, 0.6) is 0 Å². The van der Waals surface area contributed by atoms with E-state index in [4.69, 9.17) is 10.5 Å². The largest absolute Gasteiger partial charge is 0.465 e. The first-order valence-electron chi connectivity index (χ1n) is 9.99. The van der Waals surface area contributed by atoms with Gasteiger partial charge in [-0.2, -0.15) is 0 Å². The maximum atomic E-state index is 12.2. The number of unbranched alkanes of at least 4 members (excludes halogenated alkanes) is 2. The normalized spacial score (nSPS) is 24.0. The van der Waals surface area contributed by atoms with Gasteiger partial charge in [0.05, 0.1) is 17.9 Å². The van der Waals surface area contributed by atoms with Crippen molar-refractivity contribution in [3.8, 4) is 0 Å². The molecule has 1 aliphatic rings. The highest BCUT2D eigenvalue weighted by molar-refractivity contribution is 5.78. The predicted molar refractivity (Wildman–Crippen MR) is 104 cm³/mol. The molecule has 1 aromatic carbocycles. The van der Waals surface area contributed by atoms with Crippen LogP contribution < -0.4 is 5.73 Å². The number of nitrogens with two attached hydrogens (primary N) is 1. The summed E-state index contributed by atoms with van der Waals surface area (Å²) < 4.78 is 5.37. The Balaban J connectivity index is 2.00. The maximum Gasteiger partial charge on any atom is 0.313 e. The molecule has 0 radical (unpaired) electrons. The number of carbonyl (C=O) groups excluding carboxylic acids is 2. The fraction of sp³-hybridized carbons (Fsp3) is 0.636. The Labute approximate surface area is 157 Å². The van der Waals surface area contributed by atoms with Crippen LogP contribution in [0.15, 0.2) is 24.3 Å². The van der Waals surface area contributed by atoms with Gasteiger partial charge in [-0.05, 0) is 62.6 Å². The number of hydrogen-bond acceptors (Lipinski definition) is 4. The first kappa shape index (κ1) is 20.6. The van der Waals surface area contributed by atoms with Gasteiger partial charge in [0.15, 0.2) is 0 Å². The van der Waals surface area contributed by atoms with Crippen LogP contribution in [-0.2, 0) is 19.7 Å². The van der Waals surface area contributed by atoms with Crippen molar-refractivity contribution >= 4 is 12.3 Å². The summed E-state index contributed by atoms with van der Waals surface area (Å²) in [5.74, 6) is 0.0677. The third kappa shape index (κ3) is 4.94. The zero-order valence-electron chi connectivity index (χ0n) is 16.2. The molecule has 0 bridgehead atoms. The minimum absolute atomic E-state index is 0.178. The maximum absolute atomic E-state index is 12.2. The van der Waals surface area contributed by atoms with Gasteiger partial charge in [-0.1, -0.05) is 44.0 Å². The molecular weight excluding hydrogens is 326 g/mol. The van der Waals surface area contributed by atoms with Gasteiger partial charge in [-0.15, -0.1) is 0 Å². The molecule has 144 valence electrons. The van der Waals surface area contributed by atoms with E-state index in [-0.39, 0.29) is 11.9 Å². The highest BCUT2D eigenvalue weighted by Crippen LogP contribution is 2.40. The summed E-state index contributed by atoms with van der Waals surface area (Å²) in [6, 6.07) is 7.95. The van der Waals surface area contributed by atoms with E-state index in [0.717, 1.165) is 62.4 Å². The van der Waals surface area contributed by atoms with Crippen LogP contribution in [0.4, 0.5) is 0 Å². The second-order valence-corrected chi connectivity index (χ2v) is 7.67. The SMILES string of the molecule is CCCCCOC(=O)C(C)c1ccc(C2(C=O)CCC(CN)CC2)cc1. The van der Waals surface area contributed by atoms with Gasteiger partial charge in [-0.25, -0.2) is 0 Å². The van der Waals surface area contributed by atoms with Gasteiger partial charge in [0.25, 0.3) is 0 Å². The lowest BCUT2D eigenvalue weighted by molar-refractivity contribution is -0.145. The summed E-state index contributed by atoms with van der Waals surface area (Å²) in [4.78, 5) is 24.1. The van der Waals surface area contributed by atoms with Gasteiger partial charge in [0.1, 0.15) is 6.29 Å². The molecule has 1 fully saturated rings. The monoisotopic (exact) mass is 359 g/mol. The molecular formula is C22H33NO3. The molecule has 4 nitrogen and oxygen atoms in total. The molecule has 2 rings (SSSR count). The highest BCUT2D eigenvalue weighted by atomic mass is 16.5. The molecule has 1 unspecified atom stereocenters. The van der Waals surface area contributed by atoms with Crippen molar-refractivity contribution in [2.45, 2.75) is 70.1 Å². The standard InChI is InChI=1S/C22H33NO3/c1-3-4-5-14-26-21(25)17(2)19-6-8-20(9-7-19)22(16-24)12-10-18(15-23)11-13-22/h6-9,16-18H,3-5,10-15,23H2,1-2H3. The summed E-state index contributed by atoms with van der Waals surface area (Å²) in [6.45, 7) is 5.19. The summed E-state index contributed by atoms with van der Waals surface area (Å²) >= 11 is 0. The minimum atomic E-state index is -0.395. The molecule has 1 aliphatic carbocycles. The van der Waals surface area contributed by atoms with Crippen LogP contribution in [-0.4, -0.2) is 25.4 Å². The number of rotatable bonds is 9. The highest BCUT2D eigenvalue weighted by Gasteiger charge is 2.36. The fourth-order valence-electron chi connectivity index (χ4n) is 3.79. The van der Waals surface area contributed by atoms with Crippen LogP contribution in [0.3, 0.4) is 0 Å². The van der Waals surface area contributed by atoms with Crippen LogP contribution >= 0.6 is 0 Å². The molecule has 0 heterocycles. The second-order valence-electron chi connectivity index (χ2n) is 7.67. The topological polar surface area (TPSA) is 69.4 Å². The lowest BCUT2D eigenvalue weighted by atomic mass is 9.67. The molecule has 0 aromatic heterocycles. The Morgan fingerprint density at radius 2 is 1.92 bits per heavy atom. The van der Waals surface area contributed by atoms with E-state index in [1.54, 1.807) is 0 Å². The molecule has 1 atom stereocenters.